The van der Waals surface area contributed by atoms with Crippen molar-refractivity contribution in [2.75, 3.05) is 12.8 Å². The fourth-order valence-electron chi connectivity index (χ4n) is 1.66. The highest BCUT2D eigenvalue weighted by Crippen LogP contribution is 2.28. The predicted molar refractivity (Wildman–Crippen MR) is 89.2 cm³/mol. The van der Waals surface area contributed by atoms with Gasteiger partial charge in [-0.3, -0.25) is 0 Å². The first kappa shape index (κ1) is 16.0. The minimum Gasteiger partial charge on any atom is -0.399 e. The zero-order valence-electron chi connectivity index (χ0n) is 10.5. The summed E-state index contributed by atoms with van der Waals surface area (Å²) in [5, 5.41) is 1.92. The molecule has 0 aliphatic rings. The van der Waals surface area contributed by atoms with Gasteiger partial charge in [0, 0.05) is 23.8 Å². The van der Waals surface area contributed by atoms with Crippen LogP contribution in [0.4, 0.5) is 5.69 Å². The average Bonchev–Trinajstić information content (AvgIpc) is 2.77. The van der Waals surface area contributed by atoms with E-state index in [4.69, 9.17) is 5.73 Å². The van der Waals surface area contributed by atoms with Gasteiger partial charge in [-0.25, -0.2) is 8.42 Å². The molecule has 0 atom stereocenters. The standard InChI is InChI=1S/C12H12Br2N2O2S2/c1-16(6-8-4-12(14)19-7-8)20(17,18)11-5-9(15)2-3-10(11)13/h2-5,7H,6,15H2,1H3. The van der Waals surface area contributed by atoms with Gasteiger partial charge in [0.1, 0.15) is 0 Å². The summed E-state index contributed by atoms with van der Waals surface area (Å²) in [4.78, 5) is 0.175. The number of hydrogen-bond donors (Lipinski definition) is 1. The monoisotopic (exact) mass is 438 g/mol. The molecule has 0 aliphatic carbocycles. The highest BCUT2D eigenvalue weighted by molar-refractivity contribution is 9.11. The molecule has 0 bridgehead atoms. The van der Waals surface area contributed by atoms with Gasteiger partial charge in [-0.1, -0.05) is 0 Å². The maximum atomic E-state index is 12.5. The number of nitrogens with zero attached hydrogens (tertiary/aromatic N) is 1. The number of sulfonamides is 1. The fourth-order valence-corrected chi connectivity index (χ4v) is 4.97. The molecule has 2 N–H and O–H groups in total. The second-order valence-electron chi connectivity index (χ2n) is 4.21. The second kappa shape index (κ2) is 6.15. The number of anilines is 1. The van der Waals surface area contributed by atoms with E-state index in [9.17, 15) is 8.42 Å². The largest absolute Gasteiger partial charge is 0.399 e. The first-order valence-electron chi connectivity index (χ1n) is 5.55. The number of rotatable bonds is 4. The van der Waals surface area contributed by atoms with E-state index in [0.29, 0.717) is 16.7 Å². The summed E-state index contributed by atoms with van der Waals surface area (Å²) in [6.45, 7) is 0.311. The molecule has 8 heteroatoms. The third-order valence-corrected chi connectivity index (χ3v) is 7.02. The van der Waals surface area contributed by atoms with Crippen LogP contribution >= 0.6 is 43.2 Å². The molecule has 4 nitrogen and oxygen atoms in total. The molecule has 1 heterocycles. The summed E-state index contributed by atoms with van der Waals surface area (Å²) in [7, 11) is -2.03. The Morgan fingerprint density at radius 1 is 1.30 bits per heavy atom. The van der Waals surface area contributed by atoms with Gasteiger partial charge in [-0.2, -0.15) is 4.31 Å². The summed E-state index contributed by atoms with van der Waals surface area (Å²) >= 11 is 8.15. The van der Waals surface area contributed by atoms with Crippen LogP contribution in [0.15, 0.2) is 42.8 Å². The van der Waals surface area contributed by atoms with E-state index in [0.717, 1.165) is 9.35 Å². The molecular weight excluding hydrogens is 428 g/mol. The van der Waals surface area contributed by atoms with Crippen LogP contribution < -0.4 is 5.73 Å². The van der Waals surface area contributed by atoms with Crippen molar-refractivity contribution in [1.82, 2.24) is 4.31 Å². The predicted octanol–water partition coefficient (Wildman–Crippen LogP) is 3.68. The Hall–Kier alpha value is -0.410. The number of nitrogens with two attached hydrogens (primary N) is 1. The molecule has 1 aromatic carbocycles. The van der Waals surface area contributed by atoms with Crippen molar-refractivity contribution in [1.29, 1.82) is 0 Å². The number of hydrogen-bond acceptors (Lipinski definition) is 4. The lowest BCUT2D eigenvalue weighted by atomic mass is 10.3. The summed E-state index contributed by atoms with van der Waals surface area (Å²) in [6, 6.07) is 6.65. The molecule has 0 aliphatic heterocycles. The number of benzene rings is 1. The van der Waals surface area contributed by atoms with Gasteiger partial charge in [0.2, 0.25) is 10.0 Å². The summed E-state index contributed by atoms with van der Waals surface area (Å²) in [5.74, 6) is 0. The molecule has 0 amide bonds. The lowest BCUT2D eigenvalue weighted by molar-refractivity contribution is 0.467. The topological polar surface area (TPSA) is 63.4 Å². The van der Waals surface area contributed by atoms with Gasteiger partial charge in [-0.15, -0.1) is 11.3 Å². The Bertz CT molecular complexity index is 729. The molecule has 0 spiro atoms. The Labute approximate surface area is 138 Å². The van der Waals surface area contributed by atoms with Gasteiger partial charge in [0.15, 0.2) is 0 Å². The van der Waals surface area contributed by atoms with Crippen molar-refractivity contribution in [3.8, 4) is 0 Å². The lowest BCUT2D eigenvalue weighted by Gasteiger charge is -2.17. The van der Waals surface area contributed by atoms with Crippen molar-refractivity contribution in [2.45, 2.75) is 11.4 Å². The molecule has 0 saturated carbocycles. The second-order valence-corrected chi connectivity index (χ2v) is 9.37. The van der Waals surface area contributed by atoms with E-state index in [-0.39, 0.29) is 4.90 Å². The van der Waals surface area contributed by atoms with E-state index in [1.165, 1.54) is 21.7 Å². The quantitative estimate of drug-likeness (QED) is 0.739. The SMILES string of the molecule is CN(Cc1csc(Br)c1)S(=O)(=O)c1cc(N)ccc1Br. The van der Waals surface area contributed by atoms with E-state index in [1.807, 2.05) is 11.4 Å². The van der Waals surface area contributed by atoms with Crippen LogP contribution in [0.3, 0.4) is 0 Å². The van der Waals surface area contributed by atoms with Crippen LogP contribution in [0.2, 0.25) is 0 Å². The third-order valence-electron chi connectivity index (χ3n) is 2.67. The lowest BCUT2D eigenvalue weighted by Crippen LogP contribution is -2.26. The Morgan fingerprint density at radius 3 is 2.60 bits per heavy atom. The molecule has 0 unspecified atom stereocenters. The minimum atomic E-state index is -3.59. The molecule has 0 saturated heterocycles. The maximum Gasteiger partial charge on any atom is 0.244 e. The van der Waals surface area contributed by atoms with E-state index < -0.39 is 10.0 Å². The van der Waals surface area contributed by atoms with Gasteiger partial charge in [-0.05, 0) is 67.1 Å². The van der Waals surface area contributed by atoms with E-state index >= 15 is 0 Å². The first-order chi connectivity index (χ1) is 9.30. The normalized spacial score (nSPS) is 12.0. The van der Waals surface area contributed by atoms with Crippen molar-refractivity contribution in [2.24, 2.45) is 0 Å². The van der Waals surface area contributed by atoms with Gasteiger partial charge >= 0.3 is 0 Å². The summed E-state index contributed by atoms with van der Waals surface area (Å²) in [6.07, 6.45) is 0. The zero-order chi connectivity index (χ0) is 14.9. The van der Waals surface area contributed by atoms with Gasteiger partial charge < -0.3 is 5.73 Å². The molecule has 108 valence electrons. The van der Waals surface area contributed by atoms with Crippen molar-refractivity contribution < 1.29 is 8.42 Å². The van der Waals surface area contributed by atoms with Crippen molar-refractivity contribution in [3.63, 3.8) is 0 Å². The van der Waals surface area contributed by atoms with Crippen LogP contribution in [0.5, 0.6) is 0 Å². The number of nitrogen functional groups attached to an aromatic ring is 1. The maximum absolute atomic E-state index is 12.5. The smallest absolute Gasteiger partial charge is 0.244 e. The van der Waals surface area contributed by atoms with Crippen LogP contribution in [0, 0.1) is 0 Å². The molecule has 2 aromatic rings. The van der Waals surface area contributed by atoms with Crippen LogP contribution in [-0.4, -0.2) is 19.8 Å². The van der Waals surface area contributed by atoms with Crippen LogP contribution in [0.1, 0.15) is 5.56 Å². The van der Waals surface area contributed by atoms with Crippen LogP contribution in [0.25, 0.3) is 0 Å². The fraction of sp³-hybridized carbons (Fsp3) is 0.167. The van der Waals surface area contributed by atoms with E-state index in [2.05, 4.69) is 31.9 Å². The molecule has 0 radical (unpaired) electrons. The Morgan fingerprint density at radius 2 is 2.00 bits per heavy atom. The molecule has 2 rings (SSSR count). The number of thiophene rings is 1. The highest BCUT2D eigenvalue weighted by atomic mass is 79.9. The molecule has 1 aromatic heterocycles. The summed E-state index contributed by atoms with van der Waals surface area (Å²) in [5.41, 5.74) is 7.03. The minimum absolute atomic E-state index is 0.175. The Balaban J connectivity index is 2.32. The Kier molecular flexibility index (Phi) is 4.91. The van der Waals surface area contributed by atoms with Crippen molar-refractivity contribution >= 4 is 58.9 Å². The number of halogens is 2. The average molecular weight is 440 g/mol. The third kappa shape index (κ3) is 3.43. The molecule has 0 fully saturated rings. The van der Waals surface area contributed by atoms with Gasteiger partial charge in [0.05, 0.1) is 8.68 Å². The van der Waals surface area contributed by atoms with E-state index in [1.54, 1.807) is 19.2 Å². The van der Waals surface area contributed by atoms with Crippen molar-refractivity contribution in [3.05, 3.63) is 43.5 Å². The first-order valence-corrected chi connectivity index (χ1v) is 9.45. The molecular formula is C12H12Br2N2O2S2. The highest BCUT2D eigenvalue weighted by Gasteiger charge is 2.24. The van der Waals surface area contributed by atoms with Crippen LogP contribution in [-0.2, 0) is 16.6 Å². The molecule has 20 heavy (non-hydrogen) atoms. The zero-order valence-corrected chi connectivity index (χ0v) is 15.3. The summed E-state index contributed by atoms with van der Waals surface area (Å²) < 4.78 is 27.9. The van der Waals surface area contributed by atoms with Gasteiger partial charge in [0.25, 0.3) is 0 Å².